The first kappa shape index (κ1) is 17.9. The summed E-state index contributed by atoms with van der Waals surface area (Å²) in [6.07, 6.45) is 0. The van der Waals surface area contributed by atoms with E-state index in [-0.39, 0.29) is 0 Å². The van der Waals surface area contributed by atoms with E-state index in [9.17, 15) is 0 Å². The van der Waals surface area contributed by atoms with Gasteiger partial charge < -0.3 is 11.5 Å². The van der Waals surface area contributed by atoms with E-state index in [0.717, 1.165) is 11.3 Å². The van der Waals surface area contributed by atoms with Crippen LogP contribution in [0.1, 0.15) is 22.6 Å². The second-order valence-corrected chi connectivity index (χ2v) is 5.85. The van der Waals surface area contributed by atoms with Crippen LogP contribution in [-0.4, -0.2) is 9.97 Å². The van der Waals surface area contributed by atoms with Crippen LogP contribution in [0, 0.1) is 36.5 Å². The lowest BCUT2D eigenvalue weighted by atomic mass is 10.2. The van der Waals surface area contributed by atoms with E-state index in [2.05, 4.69) is 41.8 Å². The summed E-state index contributed by atoms with van der Waals surface area (Å²) in [7, 11) is 0. The Morgan fingerprint density at radius 3 is 1.95 bits per heavy atom. The van der Waals surface area contributed by atoms with Crippen molar-refractivity contribution < 1.29 is 0 Å². The van der Waals surface area contributed by atoms with Crippen molar-refractivity contribution in [2.45, 2.75) is 13.8 Å². The normalized spacial score (nSPS) is 9.18. The maximum Gasteiger partial charge on any atom is 0.143 e. The molecule has 0 saturated carbocycles. The van der Waals surface area contributed by atoms with Crippen LogP contribution in [0.15, 0.2) is 21.2 Å². The third-order valence-corrected chi connectivity index (χ3v) is 3.91. The maximum atomic E-state index is 8.52. The smallest absolute Gasteiger partial charge is 0.143 e. The minimum Gasteiger partial charge on any atom is -0.397 e. The molecular weight excluding hydrogens is 412 g/mol. The number of hydrogen-bond donors (Lipinski definition) is 2. The van der Waals surface area contributed by atoms with Crippen molar-refractivity contribution in [3.8, 4) is 12.1 Å². The Kier molecular flexibility index (Phi) is 6.29. The molecule has 2 aromatic rings. The third kappa shape index (κ3) is 4.42. The van der Waals surface area contributed by atoms with Gasteiger partial charge in [0.25, 0.3) is 0 Å². The van der Waals surface area contributed by atoms with Gasteiger partial charge in [0.2, 0.25) is 0 Å². The summed E-state index contributed by atoms with van der Waals surface area (Å²) >= 11 is 6.31. The molecule has 0 spiro atoms. The molecule has 2 rings (SSSR count). The van der Waals surface area contributed by atoms with Gasteiger partial charge in [-0.25, -0.2) is 9.97 Å². The second kappa shape index (κ2) is 7.74. The summed E-state index contributed by atoms with van der Waals surface area (Å²) in [4.78, 5) is 7.82. The van der Waals surface area contributed by atoms with E-state index in [0.29, 0.717) is 31.8 Å². The molecule has 0 aliphatic heterocycles. The Bertz CT molecular complexity index is 675. The average Bonchev–Trinajstić information content (AvgIpc) is 2.49. The molecule has 0 aromatic carbocycles. The molecule has 0 aliphatic carbocycles. The topological polar surface area (TPSA) is 125 Å². The molecule has 0 amide bonds. The van der Waals surface area contributed by atoms with Gasteiger partial charge in [0, 0.05) is 4.47 Å². The summed E-state index contributed by atoms with van der Waals surface area (Å²) in [6.45, 7) is 3.66. The average molecular weight is 424 g/mol. The minimum atomic E-state index is 0.331. The van der Waals surface area contributed by atoms with Crippen molar-refractivity contribution in [3.63, 3.8) is 0 Å². The molecule has 2 aromatic heterocycles. The van der Waals surface area contributed by atoms with E-state index < -0.39 is 0 Å². The molecule has 2 heterocycles. The number of hydrogen-bond acceptors (Lipinski definition) is 6. The van der Waals surface area contributed by atoms with Crippen LogP contribution in [0.3, 0.4) is 0 Å². The van der Waals surface area contributed by atoms with Crippen molar-refractivity contribution in [2.75, 3.05) is 11.5 Å². The van der Waals surface area contributed by atoms with Gasteiger partial charge in [0.05, 0.1) is 17.1 Å². The van der Waals surface area contributed by atoms with Gasteiger partial charge in [-0.2, -0.15) is 10.5 Å². The molecule has 22 heavy (non-hydrogen) atoms. The SMILES string of the molecule is Cc1cc(C#N)nc(C)c1N.N#Cc1cc(Br)c(N)c(Br)n1. The predicted octanol–water partition coefficient (Wildman–Crippen LogP) is 3.21. The van der Waals surface area contributed by atoms with Gasteiger partial charge >= 0.3 is 0 Å². The highest BCUT2D eigenvalue weighted by molar-refractivity contribution is 9.11. The van der Waals surface area contributed by atoms with E-state index in [4.69, 9.17) is 22.0 Å². The number of aromatic nitrogens is 2. The number of rotatable bonds is 0. The molecule has 8 heteroatoms. The van der Waals surface area contributed by atoms with Crippen LogP contribution in [0.25, 0.3) is 0 Å². The lowest BCUT2D eigenvalue weighted by Crippen LogP contribution is -1.98. The fourth-order valence-corrected chi connectivity index (χ4v) is 2.53. The zero-order valence-corrected chi connectivity index (χ0v) is 15.0. The van der Waals surface area contributed by atoms with Gasteiger partial charge in [0.1, 0.15) is 28.1 Å². The van der Waals surface area contributed by atoms with E-state index >= 15 is 0 Å². The van der Waals surface area contributed by atoms with Crippen molar-refractivity contribution in [1.29, 1.82) is 10.5 Å². The summed E-state index contributed by atoms with van der Waals surface area (Å²) in [5, 5.41) is 17.0. The highest BCUT2D eigenvalue weighted by Crippen LogP contribution is 2.26. The largest absolute Gasteiger partial charge is 0.397 e. The Hall–Kier alpha value is -2.16. The first-order chi connectivity index (χ1) is 10.3. The van der Waals surface area contributed by atoms with Crippen LogP contribution in [0.4, 0.5) is 11.4 Å². The first-order valence-corrected chi connectivity index (χ1v) is 7.54. The summed E-state index contributed by atoms with van der Waals surface area (Å²) in [5.74, 6) is 0. The van der Waals surface area contributed by atoms with E-state index in [1.807, 2.05) is 19.1 Å². The molecule has 0 saturated heterocycles. The fourth-order valence-electron chi connectivity index (χ4n) is 1.45. The van der Waals surface area contributed by atoms with Crippen LogP contribution in [0.5, 0.6) is 0 Å². The van der Waals surface area contributed by atoms with Gasteiger partial charge in [-0.1, -0.05) is 0 Å². The van der Waals surface area contributed by atoms with E-state index in [1.54, 1.807) is 19.1 Å². The number of nitrogens with two attached hydrogens (primary N) is 2. The molecule has 112 valence electrons. The third-order valence-electron chi connectivity index (χ3n) is 2.65. The van der Waals surface area contributed by atoms with Crippen LogP contribution in [-0.2, 0) is 0 Å². The lowest BCUT2D eigenvalue weighted by Gasteiger charge is -2.02. The quantitative estimate of drug-likeness (QED) is 0.626. The molecule has 0 fully saturated rings. The highest BCUT2D eigenvalue weighted by Gasteiger charge is 2.04. The summed E-state index contributed by atoms with van der Waals surface area (Å²) < 4.78 is 1.17. The van der Waals surface area contributed by atoms with Crippen molar-refractivity contribution in [2.24, 2.45) is 0 Å². The first-order valence-electron chi connectivity index (χ1n) is 5.95. The number of halogens is 2. The summed E-state index contributed by atoms with van der Waals surface area (Å²) in [6, 6.07) is 7.13. The lowest BCUT2D eigenvalue weighted by molar-refractivity contribution is 1.15. The second-order valence-electron chi connectivity index (χ2n) is 4.24. The number of nitriles is 2. The van der Waals surface area contributed by atoms with Crippen molar-refractivity contribution in [1.82, 2.24) is 9.97 Å². The van der Waals surface area contributed by atoms with E-state index in [1.165, 1.54) is 0 Å². The molecule has 4 N–H and O–H groups in total. The molecule has 0 bridgehead atoms. The van der Waals surface area contributed by atoms with Gasteiger partial charge in [-0.15, -0.1) is 0 Å². The van der Waals surface area contributed by atoms with Crippen LogP contribution in [0.2, 0.25) is 0 Å². The molecule has 0 unspecified atom stereocenters. The van der Waals surface area contributed by atoms with Crippen LogP contribution < -0.4 is 11.5 Å². The number of aryl methyl sites for hydroxylation is 2. The number of pyridine rings is 2. The summed E-state index contributed by atoms with van der Waals surface area (Å²) in [5.41, 5.74) is 14.7. The zero-order valence-electron chi connectivity index (χ0n) is 11.9. The van der Waals surface area contributed by atoms with Crippen LogP contribution >= 0.6 is 31.9 Å². The molecule has 0 radical (unpaired) electrons. The highest BCUT2D eigenvalue weighted by atomic mass is 79.9. The Morgan fingerprint density at radius 1 is 0.955 bits per heavy atom. The Labute approximate surface area is 145 Å². The molecule has 0 aliphatic rings. The van der Waals surface area contributed by atoms with Gasteiger partial charge in [-0.3, -0.25) is 0 Å². The fraction of sp³-hybridized carbons (Fsp3) is 0.143. The minimum absolute atomic E-state index is 0.331. The van der Waals surface area contributed by atoms with Gasteiger partial charge in [-0.05, 0) is 63.4 Å². The molecular formula is C14H12Br2N6. The zero-order chi connectivity index (χ0) is 16.9. The number of anilines is 2. The Morgan fingerprint density at radius 2 is 1.50 bits per heavy atom. The van der Waals surface area contributed by atoms with Gasteiger partial charge in [0.15, 0.2) is 0 Å². The Balaban J connectivity index is 0.000000220. The van der Waals surface area contributed by atoms with Crippen molar-refractivity contribution in [3.05, 3.63) is 43.9 Å². The molecule has 6 nitrogen and oxygen atoms in total. The van der Waals surface area contributed by atoms with Crippen molar-refractivity contribution >= 4 is 43.2 Å². The maximum absolute atomic E-state index is 8.52. The standard InChI is InChI=1S/C8H9N3.C6H3Br2N3/c1-5-3-7(4-9)11-6(2)8(5)10;7-4-1-3(2-9)11-6(8)5(4)10/h3H,10H2,1-2H3;1H,10H2. The number of nitrogens with zero attached hydrogens (tertiary/aromatic N) is 4. The predicted molar refractivity (Wildman–Crippen MR) is 91.6 cm³/mol. The number of nitrogen functional groups attached to an aromatic ring is 2. The molecule has 0 atom stereocenters. The monoisotopic (exact) mass is 422 g/mol.